The van der Waals surface area contributed by atoms with Crippen molar-refractivity contribution in [3.63, 3.8) is 0 Å². The number of phenols is 1. The Morgan fingerprint density at radius 3 is 2.47 bits per heavy atom. The molecule has 1 radical (unpaired) electrons. The highest BCUT2D eigenvalue weighted by Crippen LogP contribution is 2.29. The summed E-state index contributed by atoms with van der Waals surface area (Å²) in [4.78, 5) is 0. The van der Waals surface area contributed by atoms with Crippen LogP contribution in [0.5, 0.6) is 11.5 Å². The SMILES string of the molecule is COc1ccc(-c2[c]cccc2O)cc1. The van der Waals surface area contributed by atoms with Gasteiger partial charge in [-0.2, -0.15) is 0 Å². The molecule has 0 bridgehead atoms. The van der Waals surface area contributed by atoms with Crippen molar-refractivity contribution in [1.82, 2.24) is 0 Å². The molecule has 2 heteroatoms. The molecule has 0 spiro atoms. The molecule has 0 amide bonds. The average Bonchev–Trinajstić information content (AvgIpc) is 2.30. The van der Waals surface area contributed by atoms with Crippen molar-refractivity contribution < 1.29 is 9.84 Å². The van der Waals surface area contributed by atoms with Crippen LogP contribution in [0.15, 0.2) is 42.5 Å². The molecule has 2 aromatic carbocycles. The maximum atomic E-state index is 9.63. The zero-order valence-corrected chi connectivity index (χ0v) is 8.40. The van der Waals surface area contributed by atoms with Crippen LogP contribution in [0.25, 0.3) is 11.1 Å². The first-order valence-corrected chi connectivity index (χ1v) is 4.65. The number of ether oxygens (including phenoxy) is 1. The summed E-state index contributed by atoms with van der Waals surface area (Å²) in [7, 11) is 1.63. The Morgan fingerprint density at radius 2 is 1.87 bits per heavy atom. The minimum Gasteiger partial charge on any atom is -0.507 e. The number of aromatic hydroxyl groups is 1. The molecule has 2 rings (SSSR count). The molecule has 0 aliphatic carbocycles. The van der Waals surface area contributed by atoms with Gasteiger partial charge in [-0.15, -0.1) is 0 Å². The number of hydrogen-bond acceptors (Lipinski definition) is 2. The second-order valence-corrected chi connectivity index (χ2v) is 3.16. The molecular formula is C13H11O2. The van der Waals surface area contributed by atoms with Crippen LogP contribution in [0, 0.1) is 6.07 Å². The van der Waals surface area contributed by atoms with Crippen LogP contribution in [0.3, 0.4) is 0 Å². The molecule has 2 nitrogen and oxygen atoms in total. The van der Waals surface area contributed by atoms with Crippen molar-refractivity contribution in [1.29, 1.82) is 0 Å². The molecule has 0 heterocycles. The van der Waals surface area contributed by atoms with E-state index in [0.29, 0.717) is 5.56 Å². The van der Waals surface area contributed by atoms with Gasteiger partial charge in [0.05, 0.1) is 7.11 Å². The Morgan fingerprint density at radius 1 is 1.13 bits per heavy atom. The predicted molar refractivity (Wildman–Crippen MR) is 58.9 cm³/mol. The molecular weight excluding hydrogens is 188 g/mol. The van der Waals surface area contributed by atoms with Crippen LogP contribution >= 0.6 is 0 Å². The summed E-state index contributed by atoms with van der Waals surface area (Å²) in [6.07, 6.45) is 0. The van der Waals surface area contributed by atoms with Crippen molar-refractivity contribution in [3.05, 3.63) is 48.5 Å². The molecule has 0 fully saturated rings. The van der Waals surface area contributed by atoms with Crippen molar-refractivity contribution >= 4 is 0 Å². The maximum Gasteiger partial charge on any atom is 0.124 e. The average molecular weight is 199 g/mol. The lowest BCUT2D eigenvalue weighted by atomic mass is 10.0. The Balaban J connectivity index is 2.42. The van der Waals surface area contributed by atoms with E-state index in [2.05, 4.69) is 6.07 Å². The zero-order chi connectivity index (χ0) is 10.7. The third-order valence-electron chi connectivity index (χ3n) is 2.21. The molecule has 0 unspecified atom stereocenters. The van der Waals surface area contributed by atoms with Gasteiger partial charge in [0, 0.05) is 5.56 Å². The van der Waals surface area contributed by atoms with Gasteiger partial charge >= 0.3 is 0 Å². The summed E-state index contributed by atoms with van der Waals surface area (Å²) in [6, 6.07) is 15.7. The van der Waals surface area contributed by atoms with Gasteiger partial charge in [0.2, 0.25) is 0 Å². The molecule has 0 aliphatic heterocycles. The smallest absolute Gasteiger partial charge is 0.124 e. The number of hydrogen-bond donors (Lipinski definition) is 1. The number of phenolic OH excluding ortho intramolecular Hbond substituents is 1. The lowest BCUT2D eigenvalue weighted by Crippen LogP contribution is -1.83. The van der Waals surface area contributed by atoms with Crippen LogP contribution in [-0.2, 0) is 0 Å². The second kappa shape index (κ2) is 4.05. The third-order valence-corrected chi connectivity index (χ3v) is 2.21. The molecule has 0 aliphatic rings. The summed E-state index contributed by atoms with van der Waals surface area (Å²) >= 11 is 0. The molecule has 2 aromatic rings. The Kier molecular flexibility index (Phi) is 2.59. The molecule has 0 saturated heterocycles. The van der Waals surface area contributed by atoms with E-state index in [4.69, 9.17) is 4.74 Å². The van der Waals surface area contributed by atoms with E-state index < -0.39 is 0 Å². The fraction of sp³-hybridized carbons (Fsp3) is 0.0769. The normalized spacial score (nSPS) is 9.93. The van der Waals surface area contributed by atoms with E-state index in [9.17, 15) is 5.11 Å². The minimum absolute atomic E-state index is 0.239. The van der Waals surface area contributed by atoms with Gasteiger partial charge in [0.1, 0.15) is 11.5 Å². The van der Waals surface area contributed by atoms with Crippen LogP contribution in [0.2, 0.25) is 0 Å². The summed E-state index contributed by atoms with van der Waals surface area (Å²) in [5.74, 6) is 1.04. The fourth-order valence-corrected chi connectivity index (χ4v) is 1.42. The van der Waals surface area contributed by atoms with Crippen LogP contribution in [-0.4, -0.2) is 12.2 Å². The molecule has 1 N–H and O–H groups in total. The maximum absolute atomic E-state index is 9.63. The molecule has 0 aromatic heterocycles. The highest BCUT2D eigenvalue weighted by molar-refractivity contribution is 5.69. The van der Waals surface area contributed by atoms with Gasteiger partial charge in [-0.05, 0) is 29.8 Å². The standard InChI is InChI=1S/C13H11O2/c1-15-11-8-6-10(7-9-11)12-4-2-3-5-13(12)14/h2-3,5-9,14H,1H3. The first-order valence-electron chi connectivity index (χ1n) is 4.65. The van der Waals surface area contributed by atoms with E-state index in [0.717, 1.165) is 11.3 Å². The Labute approximate surface area is 88.8 Å². The van der Waals surface area contributed by atoms with Gasteiger partial charge in [0.15, 0.2) is 0 Å². The molecule has 0 saturated carbocycles. The Bertz CT molecular complexity index is 446. The highest BCUT2D eigenvalue weighted by atomic mass is 16.5. The lowest BCUT2D eigenvalue weighted by molar-refractivity contribution is 0.415. The number of benzene rings is 2. The molecule has 75 valence electrons. The minimum atomic E-state index is 0.239. The van der Waals surface area contributed by atoms with E-state index in [1.165, 1.54) is 0 Å². The van der Waals surface area contributed by atoms with Crippen LogP contribution in [0.4, 0.5) is 0 Å². The summed E-state index contributed by atoms with van der Waals surface area (Å²) < 4.78 is 5.06. The highest BCUT2D eigenvalue weighted by Gasteiger charge is 2.02. The van der Waals surface area contributed by atoms with Gasteiger partial charge in [-0.25, -0.2) is 0 Å². The first kappa shape index (κ1) is 9.59. The predicted octanol–water partition coefficient (Wildman–Crippen LogP) is 2.87. The van der Waals surface area contributed by atoms with E-state index in [1.807, 2.05) is 24.3 Å². The first-order chi connectivity index (χ1) is 7.31. The topological polar surface area (TPSA) is 29.5 Å². The van der Waals surface area contributed by atoms with Crippen molar-refractivity contribution in [3.8, 4) is 22.6 Å². The quantitative estimate of drug-likeness (QED) is 0.805. The van der Waals surface area contributed by atoms with Crippen molar-refractivity contribution in [2.24, 2.45) is 0 Å². The summed E-state index contributed by atoms with van der Waals surface area (Å²) in [6.45, 7) is 0. The summed E-state index contributed by atoms with van der Waals surface area (Å²) in [5.41, 5.74) is 1.63. The van der Waals surface area contributed by atoms with Gasteiger partial charge in [-0.3, -0.25) is 0 Å². The van der Waals surface area contributed by atoms with E-state index in [1.54, 1.807) is 25.3 Å². The monoisotopic (exact) mass is 199 g/mol. The lowest BCUT2D eigenvalue weighted by Gasteiger charge is -2.04. The summed E-state index contributed by atoms with van der Waals surface area (Å²) in [5, 5.41) is 9.63. The van der Waals surface area contributed by atoms with Crippen molar-refractivity contribution in [2.75, 3.05) is 7.11 Å². The number of methoxy groups -OCH3 is 1. The van der Waals surface area contributed by atoms with E-state index >= 15 is 0 Å². The molecule has 15 heavy (non-hydrogen) atoms. The largest absolute Gasteiger partial charge is 0.507 e. The van der Waals surface area contributed by atoms with Crippen molar-refractivity contribution in [2.45, 2.75) is 0 Å². The van der Waals surface area contributed by atoms with Gasteiger partial charge in [-0.1, -0.05) is 24.3 Å². The van der Waals surface area contributed by atoms with Crippen LogP contribution < -0.4 is 4.74 Å². The van der Waals surface area contributed by atoms with Gasteiger partial charge in [0.25, 0.3) is 0 Å². The zero-order valence-electron chi connectivity index (χ0n) is 8.40. The second-order valence-electron chi connectivity index (χ2n) is 3.16. The van der Waals surface area contributed by atoms with E-state index in [-0.39, 0.29) is 5.75 Å². The third kappa shape index (κ3) is 1.94. The Hall–Kier alpha value is -1.96. The van der Waals surface area contributed by atoms with Crippen LogP contribution in [0.1, 0.15) is 0 Å². The fourth-order valence-electron chi connectivity index (χ4n) is 1.42. The van der Waals surface area contributed by atoms with Gasteiger partial charge < -0.3 is 9.84 Å². The number of rotatable bonds is 2. The molecule has 0 atom stereocenters.